The molecule has 0 spiro atoms. The fraction of sp³-hybridized carbons (Fsp3) is 0.467. The van der Waals surface area contributed by atoms with Crippen LogP contribution in [0.1, 0.15) is 36.0 Å². The van der Waals surface area contributed by atoms with Crippen molar-refractivity contribution in [2.45, 2.75) is 37.8 Å². The average molecular weight is 344 g/mol. The van der Waals surface area contributed by atoms with Gasteiger partial charge >= 0.3 is 0 Å². The molecule has 3 rings (SSSR count). The summed E-state index contributed by atoms with van der Waals surface area (Å²) in [5, 5.41) is 9.27. The SMILES string of the molecule is Cl.O=C(NC1CC1)c1cc(NC(=O)C2CCCN2)ccc1Cl. The number of hydrogen-bond donors (Lipinski definition) is 3. The van der Waals surface area contributed by atoms with Crippen molar-refractivity contribution < 1.29 is 9.59 Å². The van der Waals surface area contributed by atoms with Crippen LogP contribution in [0.3, 0.4) is 0 Å². The molecule has 0 radical (unpaired) electrons. The summed E-state index contributed by atoms with van der Waals surface area (Å²) in [5.74, 6) is -0.249. The van der Waals surface area contributed by atoms with Gasteiger partial charge in [0.1, 0.15) is 0 Å². The van der Waals surface area contributed by atoms with Crippen molar-refractivity contribution in [3.8, 4) is 0 Å². The van der Waals surface area contributed by atoms with Gasteiger partial charge in [0.05, 0.1) is 16.6 Å². The van der Waals surface area contributed by atoms with E-state index in [2.05, 4.69) is 16.0 Å². The average Bonchev–Trinajstić information content (AvgIpc) is 3.10. The van der Waals surface area contributed by atoms with E-state index in [1.54, 1.807) is 18.2 Å². The number of benzene rings is 1. The first-order valence-corrected chi connectivity index (χ1v) is 7.66. The van der Waals surface area contributed by atoms with Gasteiger partial charge in [0, 0.05) is 11.7 Å². The largest absolute Gasteiger partial charge is 0.349 e. The Morgan fingerprint density at radius 3 is 2.64 bits per heavy atom. The molecule has 120 valence electrons. The van der Waals surface area contributed by atoms with Gasteiger partial charge in [-0.2, -0.15) is 0 Å². The predicted octanol–water partition coefficient (Wildman–Crippen LogP) is 2.34. The minimum absolute atomic E-state index is 0. The van der Waals surface area contributed by atoms with Crippen LogP contribution in [0.4, 0.5) is 5.69 Å². The van der Waals surface area contributed by atoms with E-state index in [9.17, 15) is 9.59 Å². The first-order chi connectivity index (χ1) is 10.1. The van der Waals surface area contributed by atoms with Crippen molar-refractivity contribution in [2.24, 2.45) is 0 Å². The van der Waals surface area contributed by atoms with Crippen molar-refractivity contribution in [2.75, 3.05) is 11.9 Å². The molecule has 1 aromatic rings. The molecule has 2 amide bonds. The molecule has 0 bridgehead atoms. The first-order valence-electron chi connectivity index (χ1n) is 7.28. The lowest BCUT2D eigenvalue weighted by Crippen LogP contribution is -2.35. The number of carbonyl (C=O) groups excluding carboxylic acids is 2. The fourth-order valence-electron chi connectivity index (χ4n) is 2.41. The third-order valence-corrected chi connectivity index (χ3v) is 4.10. The molecular formula is C15H19Cl2N3O2. The number of amides is 2. The van der Waals surface area contributed by atoms with Crippen LogP contribution in [0.2, 0.25) is 5.02 Å². The zero-order valence-corrected chi connectivity index (χ0v) is 13.6. The Hall–Kier alpha value is -1.30. The van der Waals surface area contributed by atoms with E-state index in [1.807, 2.05) is 0 Å². The molecule has 3 N–H and O–H groups in total. The lowest BCUT2D eigenvalue weighted by atomic mass is 10.1. The smallest absolute Gasteiger partial charge is 0.253 e. The number of carbonyl (C=O) groups is 2. The second-order valence-electron chi connectivity index (χ2n) is 5.58. The van der Waals surface area contributed by atoms with Gasteiger partial charge in [-0.25, -0.2) is 0 Å². The number of nitrogens with one attached hydrogen (secondary N) is 3. The molecule has 1 aliphatic carbocycles. The van der Waals surface area contributed by atoms with Crippen LogP contribution in [-0.2, 0) is 4.79 Å². The summed E-state index contributed by atoms with van der Waals surface area (Å²) in [5.41, 5.74) is 1.000. The predicted molar refractivity (Wildman–Crippen MR) is 88.8 cm³/mol. The molecule has 1 saturated heterocycles. The van der Waals surface area contributed by atoms with Crippen molar-refractivity contribution in [3.63, 3.8) is 0 Å². The lowest BCUT2D eigenvalue weighted by Gasteiger charge is -2.13. The minimum atomic E-state index is -0.183. The molecule has 1 aliphatic heterocycles. The van der Waals surface area contributed by atoms with Gasteiger partial charge in [0.15, 0.2) is 0 Å². The molecule has 1 aromatic carbocycles. The Morgan fingerprint density at radius 2 is 2.00 bits per heavy atom. The summed E-state index contributed by atoms with van der Waals surface area (Å²) >= 11 is 6.07. The van der Waals surface area contributed by atoms with Gasteiger partial charge in [-0.1, -0.05) is 11.6 Å². The quantitative estimate of drug-likeness (QED) is 0.785. The maximum absolute atomic E-state index is 12.1. The van der Waals surface area contributed by atoms with E-state index in [0.717, 1.165) is 32.2 Å². The van der Waals surface area contributed by atoms with Crippen LogP contribution in [-0.4, -0.2) is 30.4 Å². The molecule has 7 heteroatoms. The van der Waals surface area contributed by atoms with Crippen LogP contribution in [0.15, 0.2) is 18.2 Å². The molecule has 0 aromatic heterocycles. The van der Waals surface area contributed by atoms with Crippen LogP contribution in [0.25, 0.3) is 0 Å². The van der Waals surface area contributed by atoms with E-state index >= 15 is 0 Å². The van der Waals surface area contributed by atoms with Gasteiger partial charge in [-0.3, -0.25) is 9.59 Å². The highest BCUT2D eigenvalue weighted by atomic mass is 35.5. The third-order valence-electron chi connectivity index (χ3n) is 3.77. The minimum Gasteiger partial charge on any atom is -0.349 e. The van der Waals surface area contributed by atoms with Crippen LogP contribution >= 0.6 is 24.0 Å². The highest BCUT2D eigenvalue weighted by molar-refractivity contribution is 6.34. The summed E-state index contributed by atoms with van der Waals surface area (Å²) in [7, 11) is 0. The monoisotopic (exact) mass is 343 g/mol. The summed E-state index contributed by atoms with van der Waals surface area (Å²) in [4.78, 5) is 24.2. The highest BCUT2D eigenvalue weighted by Gasteiger charge is 2.25. The maximum Gasteiger partial charge on any atom is 0.253 e. The second kappa shape index (κ2) is 7.31. The van der Waals surface area contributed by atoms with Crippen LogP contribution < -0.4 is 16.0 Å². The number of rotatable bonds is 4. The van der Waals surface area contributed by atoms with Gasteiger partial charge in [-0.15, -0.1) is 12.4 Å². The van der Waals surface area contributed by atoms with Crippen molar-refractivity contribution in [1.29, 1.82) is 0 Å². The Labute approximate surface area is 140 Å². The molecule has 5 nitrogen and oxygen atoms in total. The Balaban J connectivity index is 0.00000176. The third kappa shape index (κ3) is 4.12. The topological polar surface area (TPSA) is 70.2 Å². The van der Waals surface area contributed by atoms with E-state index in [-0.39, 0.29) is 36.3 Å². The molecule has 22 heavy (non-hydrogen) atoms. The molecule has 2 aliphatic rings. The van der Waals surface area contributed by atoms with Crippen LogP contribution in [0.5, 0.6) is 0 Å². The second-order valence-corrected chi connectivity index (χ2v) is 5.99. The van der Waals surface area contributed by atoms with Crippen molar-refractivity contribution in [3.05, 3.63) is 28.8 Å². The molecule has 1 saturated carbocycles. The van der Waals surface area contributed by atoms with E-state index in [4.69, 9.17) is 11.6 Å². The number of halogens is 2. The zero-order valence-electron chi connectivity index (χ0n) is 12.0. The summed E-state index contributed by atoms with van der Waals surface area (Å²) in [6.45, 7) is 0.869. The zero-order chi connectivity index (χ0) is 14.8. The van der Waals surface area contributed by atoms with Gasteiger partial charge < -0.3 is 16.0 Å². The van der Waals surface area contributed by atoms with E-state index in [0.29, 0.717) is 16.3 Å². The fourth-order valence-corrected chi connectivity index (χ4v) is 2.61. The van der Waals surface area contributed by atoms with Gasteiger partial charge in [0.2, 0.25) is 5.91 Å². The van der Waals surface area contributed by atoms with E-state index in [1.165, 1.54) is 0 Å². The molecule has 1 heterocycles. The Morgan fingerprint density at radius 1 is 1.23 bits per heavy atom. The Bertz CT molecular complexity index is 570. The molecule has 2 fully saturated rings. The number of hydrogen-bond acceptors (Lipinski definition) is 3. The van der Waals surface area contributed by atoms with Gasteiger partial charge in [-0.05, 0) is 50.4 Å². The van der Waals surface area contributed by atoms with Crippen LogP contribution in [0, 0.1) is 0 Å². The van der Waals surface area contributed by atoms with E-state index < -0.39 is 0 Å². The van der Waals surface area contributed by atoms with Crippen molar-refractivity contribution in [1.82, 2.24) is 10.6 Å². The number of anilines is 1. The standard InChI is InChI=1S/C15H18ClN3O2.ClH/c16-12-6-5-10(19-15(21)13-2-1-7-17-13)8-11(12)14(20)18-9-3-4-9;/h5-6,8-9,13,17H,1-4,7H2,(H,18,20)(H,19,21);1H. The molecule has 1 atom stereocenters. The van der Waals surface area contributed by atoms with Crippen molar-refractivity contribution >= 4 is 41.5 Å². The van der Waals surface area contributed by atoms with Gasteiger partial charge in [0.25, 0.3) is 5.91 Å². The molecular weight excluding hydrogens is 325 g/mol. The highest BCUT2D eigenvalue weighted by Crippen LogP contribution is 2.24. The first kappa shape index (κ1) is 17.1. The molecule has 1 unspecified atom stereocenters. The summed E-state index contributed by atoms with van der Waals surface area (Å²) in [6, 6.07) is 5.11. The Kier molecular flexibility index (Phi) is 5.67. The summed E-state index contributed by atoms with van der Waals surface area (Å²) < 4.78 is 0. The maximum atomic E-state index is 12.1. The normalized spacial score (nSPS) is 20.1. The lowest BCUT2D eigenvalue weighted by molar-refractivity contribution is -0.117. The summed E-state index contributed by atoms with van der Waals surface area (Å²) in [6.07, 6.45) is 3.89.